The number of amides is 1. The molecule has 1 amide bonds. The fourth-order valence-corrected chi connectivity index (χ4v) is 3.54. The van der Waals surface area contributed by atoms with Crippen molar-refractivity contribution >= 4 is 52.9 Å². The summed E-state index contributed by atoms with van der Waals surface area (Å²) in [7, 11) is 3.34. The van der Waals surface area contributed by atoms with Crippen LogP contribution in [0.4, 0.5) is 5.69 Å². The van der Waals surface area contributed by atoms with Crippen LogP contribution in [0, 0.1) is 5.92 Å². The Morgan fingerprint density at radius 1 is 1.29 bits per heavy atom. The van der Waals surface area contributed by atoms with E-state index in [4.69, 9.17) is 4.74 Å². The lowest BCUT2D eigenvalue weighted by molar-refractivity contribution is -0.114. The summed E-state index contributed by atoms with van der Waals surface area (Å²) in [6.45, 7) is 5.14. The number of ether oxygens (including phenoxy) is 1. The first-order valence-electron chi connectivity index (χ1n) is 8.93. The van der Waals surface area contributed by atoms with Gasteiger partial charge in [0.1, 0.15) is 5.75 Å². The molecule has 6 nitrogen and oxygen atoms in total. The number of thiophene rings is 1. The Labute approximate surface area is 188 Å². The normalized spacial score (nSPS) is 11.9. The number of carbonyl (C=O) groups excluding carboxylic acids is 1. The van der Waals surface area contributed by atoms with E-state index in [0.717, 1.165) is 24.5 Å². The van der Waals surface area contributed by atoms with E-state index < -0.39 is 0 Å². The Kier molecular flexibility index (Phi) is 10.9. The molecule has 0 radical (unpaired) electrons. The lowest BCUT2D eigenvalue weighted by Crippen LogP contribution is -2.39. The second kappa shape index (κ2) is 12.6. The van der Waals surface area contributed by atoms with Crippen LogP contribution in [0.3, 0.4) is 0 Å². The summed E-state index contributed by atoms with van der Waals surface area (Å²) in [5.74, 6) is 1.77. The monoisotopic (exact) mass is 516 g/mol. The van der Waals surface area contributed by atoms with Gasteiger partial charge in [-0.1, -0.05) is 19.1 Å². The number of anilines is 1. The smallest absolute Gasteiger partial charge is 0.221 e. The van der Waals surface area contributed by atoms with Gasteiger partial charge in [0.25, 0.3) is 0 Å². The van der Waals surface area contributed by atoms with E-state index in [2.05, 4.69) is 45.4 Å². The van der Waals surface area contributed by atoms with Gasteiger partial charge in [0, 0.05) is 31.9 Å². The largest absolute Gasteiger partial charge is 0.495 e. The molecule has 2 rings (SSSR count). The number of benzene rings is 1. The molecule has 1 aromatic carbocycles. The van der Waals surface area contributed by atoms with Gasteiger partial charge in [-0.2, -0.15) is 0 Å². The highest BCUT2D eigenvalue weighted by Crippen LogP contribution is 2.25. The highest BCUT2D eigenvalue weighted by Gasteiger charge is 2.08. The molecule has 0 spiro atoms. The number of aliphatic imine (C=N–C) groups is 1. The molecule has 0 aliphatic rings. The topological polar surface area (TPSA) is 74.8 Å². The van der Waals surface area contributed by atoms with Gasteiger partial charge in [0.05, 0.1) is 12.8 Å². The van der Waals surface area contributed by atoms with Gasteiger partial charge < -0.3 is 20.7 Å². The third-order valence-electron chi connectivity index (χ3n) is 4.01. The second-order valence-corrected chi connectivity index (χ2v) is 7.44. The van der Waals surface area contributed by atoms with Crippen molar-refractivity contribution in [2.75, 3.05) is 26.0 Å². The molecule has 1 atom stereocenters. The maximum Gasteiger partial charge on any atom is 0.221 e. The van der Waals surface area contributed by atoms with Gasteiger partial charge in [0.15, 0.2) is 5.96 Å². The van der Waals surface area contributed by atoms with Crippen molar-refractivity contribution in [3.8, 4) is 5.75 Å². The number of guanidine groups is 1. The minimum Gasteiger partial charge on any atom is -0.495 e. The van der Waals surface area contributed by atoms with Gasteiger partial charge in [-0.25, -0.2) is 0 Å². The Bertz CT molecular complexity index is 766. The average Bonchev–Trinajstić information content (AvgIpc) is 3.14. The van der Waals surface area contributed by atoms with Crippen molar-refractivity contribution < 1.29 is 9.53 Å². The number of methoxy groups -OCH3 is 1. The average molecular weight is 516 g/mol. The molecule has 1 heterocycles. The molecule has 2 aromatic rings. The zero-order valence-electron chi connectivity index (χ0n) is 16.7. The second-order valence-electron chi connectivity index (χ2n) is 6.41. The predicted molar refractivity (Wildman–Crippen MR) is 128 cm³/mol. The van der Waals surface area contributed by atoms with Crippen LogP contribution in [-0.4, -0.2) is 32.6 Å². The first-order valence-corrected chi connectivity index (χ1v) is 9.81. The summed E-state index contributed by atoms with van der Waals surface area (Å²) in [6, 6.07) is 9.97. The third kappa shape index (κ3) is 8.05. The number of halogens is 1. The van der Waals surface area contributed by atoms with Gasteiger partial charge in [-0.15, -0.1) is 35.3 Å². The first kappa shape index (κ1) is 24.2. The molecule has 0 aliphatic carbocycles. The number of nitrogens with zero attached hydrogens (tertiary/aromatic N) is 1. The Balaban J connectivity index is 0.00000392. The van der Waals surface area contributed by atoms with Crippen LogP contribution >= 0.6 is 35.3 Å². The van der Waals surface area contributed by atoms with E-state index in [1.807, 2.05) is 18.2 Å². The van der Waals surface area contributed by atoms with Crippen molar-refractivity contribution in [3.05, 3.63) is 46.2 Å². The minimum atomic E-state index is -0.129. The van der Waals surface area contributed by atoms with Gasteiger partial charge >= 0.3 is 0 Å². The van der Waals surface area contributed by atoms with Crippen molar-refractivity contribution in [2.24, 2.45) is 10.9 Å². The molecule has 0 bridgehead atoms. The van der Waals surface area contributed by atoms with Crippen LogP contribution in [0.25, 0.3) is 0 Å². The highest BCUT2D eigenvalue weighted by atomic mass is 127. The standard InChI is InChI=1S/C20H28N4O2S.HI/c1-14(10-17-6-5-9-27-17)12-22-20(21-3)23-13-16-7-8-19(26-4)18(11-16)24-15(2)25;/h5-9,11,14H,10,12-13H2,1-4H3,(H,24,25)(H2,21,22,23);1H. The summed E-state index contributed by atoms with van der Waals surface area (Å²) in [5, 5.41) is 11.6. The number of rotatable bonds is 8. The number of carbonyl (C=O) groups is 1. The van der Waals surface area contributed by atoms with Crippen LogP contribution in [0.2, 0.25) is 0 Å². The molecular formula is C20H29IN4O2S. The molecular weight excluding hydrogens is 487 g/mol. The van der Waals surface area contributed by atoms with Crippen LogP contribution < -0.4 is 20.7 Å². The molecule has 154 valence electrons. The molecule has 0 saturated carbocycles. The van der Waals surface area contributed by atoms with Crippen molar-refractivity contribution in [3.63, 3.8) is 0 Å². The maximum absolute atomic E-state index is 11.4. The summed E-state index contributed by atoms with van der Waals surface area (Å²) >= 11 is 1.79. The van der Waals surface area contributed by atoms with E-state index in [1.165, 1.54) is 11.8 Å². The maximum atomic E-state index is 11.4. The van der Waals surface area contributed by atoms with Gasteiger partial charge in [-0.3, -0.25) is 9.79 Å². The van der Waals surface area contributed by atoms with Gasteiger partial charge in [0.2, 0.25) is 5.91 Å². The fourth-order valence-electron chi connectivity index (χ4n) is 2.67. The van der Waals surface area contributed by atoms with Crippen LogP contribution in [0.5, 0.6) is 5.75 Å². The van der Waals surface area contributed by atoms with Crippen molar-refractivity contribution in [2.45, 2.75) is 26.8 Å². The van der Waals surface area contributed by atoms with E-state index in [9.17, 15) is 4.79 Å². The summed E-state index contributed by atoms with van der Waals surface area (Å²) in [6.07, 6.45) is 1.06. The first-order chi connectivity index (χ1) is 13.0. The molecule has 3 N–H and O–H groups in total. The molecule has 1 aromatic heterocycles. The van der Waals surface area contributed by atoms with Crippen LogP contribution in [0.15, 0.2) is 40.7 Å². The number of hydrogen-bond donors (Lipinski definition) is 3. The molecule has 1 unspecified atom stereocenters. The quantitative estimate of drug-likeness (QED) is 0.283. The molecule has 0 aliphatic heterocycles. The lowest BCUT2D eigenvalue weighted by Gasteiger charge is -2.16. The fraction of sp³-hybridized carbons (Fsp3) is 0.400. The van der Waals surface area contributed by atoms with Crippen LogP contribution in [0.1, 0.15) is 24.3 Å². The molecule has 28 heavy (non-hydrogen) atoms. The van der Waals surface area contributed by atoms with E-state index in [-0.39, 0.29) is 29.9 Å². The minimum absolute atomic E-state index is 0. The van der Waals surface area contributed by atoms with Crippen molar-refractivity contribution in [1.82, 2.24) is 10.6 Å². The third-order valence-corrected chi connectivity index (χ3v) is 4.90. The predicted octanol–water partition coefficient (Wildman–Crippen LogP) is 3.88. The Morgan fingerprint density at radius 2 is 2.07 bits per heavy atom. The van der Waals surface area contributed by atoms with Gasteiger partial charge in [-0.05, 0) is 41.5 Å². The zero-order chi connectivity index (χ0) is 19.6. The van der Waals surface area contributed by atoms with Crippen LogP contribution in [-0.2, 0) is 17.8 Å². The Hall–Kier alpha value is -1.81. The summed E-state index contributed by atoms with van der Waals surface area (Å²) in [4.78, 5) is 17.0. The zero-order valence-corrected chi connectivity index (χ0v) is 19.9. The number of hydrogen-bond acceptors (Lipinski definition) is 4. The molecule has 0 fully saturated rings. The summed E-state index contributed by atoms with van der Waals surface area (Å²) < 4.78 is 5.29. The Morgan fingerprint density at radius 3 is 2.68 bits per heavy atom. The highest BCUT2D eigenvalue weighted by molar-refractivity contribution is 14.0. The van der Waals surface area contributed by atoms with E-state index in [0.29, 0.717) is 23.9 Å². The molecule has 8 heteroatoms. The summed E-state index contributed by atoms with van der Waals surface area (Å²) in [5.41, 5.74) is 1.69. The van der Waals surface area contributed by atoms with E-state index in [1.54, 1.807) is 25.5 Å². The number of nitrogens with one attached hydrogen (secondary N) is 3. The van der Waals surface area contributed by atoms with Crippen molar-refractivity contribution in [1.29, 1.82) is 0 Å². The lowest BCUT2D eigenvalue weighted by atomic mass is 10.1. The SMILES string of the molecule is CN=C(NCc1ccc(OC)c(NC(C)=O)c1)NCC(C)Cc1cccs1.I. The van der Waals surface area contributed by atoms with E-state index >= 15 is 0 Å². The molecule has 0 saturated heterocycles.